The molecule has 2 saturated carbocycles. The summed E-state index contributed by atoms with van der Waals surface area (Å²) >= 11 is 1.16. The maximum Gasteiger partial charge on any atom is 0.348 e. The summed E-state index contributed by atoms with van der Waals surface area (Å²) < 4.78 is 5.71. The summed E-state index contributed by atoms with van der Waals surface area (Å²) in [7, 11) is 0. The van der Waals surface area contributed by atoms with Crippen LogP contribution < -0.4 is 4.90 Å². The fourth-order valence-corrected chi connectivity index (χ4v) is 5.73. The van der Waals surface area contributed by atoms with Gasteiger partial charge in [0.1, 0.15) is 4.88 Å². The van der Waals surface area contributed by atoms with Crippen LogP contribution in [0.5, 0.6) is 0 Å². The Balaban J connectivity index is 1.91. The van der Waals surface area contributed by atoms with Crippen molar-refractivity contribution in [3.8, 4) is 11.8 Å². The molecule has 0 aromatic carbocycles. The summed E-state index contributed by atoms with van der Waals surface area (Å²) in [6.07, 6.45) is 6.97. The number of nitrogens with zero attached hydrogens (tertiary/aromatic N) is 1. The number of amides is 1. The Morgan fingerprint density at radius 3 is 2.39 bits per heavy atom. The van der Waals surface area contributed by atoms with E-state index in [1.54, 1.807) is 6.07 Å². The van der Waals surface area contributed by atoms with Crippen LogP contribution in [0.2, 0.25) is 0 Å². The van der Waals surface area contributed by atoms with Crippen LogP contribution >= 0.6 is 11.3 Å². The molecule has 2 fully saturated rings. The Hall–Kier alpha value is -1.88. The van der Waals surface area contributed by atoms with Gasteiger partial charge in [0.2, 0.25) is 5.91 Å². The number of rotatable bonds is 7. The van der Waals surface area contributed by atoms with Gasteiger partial charge in [0.25, 0.3) is 0 Å². The minimum Gasteiger partial charge on any atom is -0.477 e. The average Bonchev–Trinajstić information content (AvgIpc) is 3.22. The number of carbonyl (C=O) groups is 2. The topological polar surface area (TPSA) is 87.1 Å². The first-order chi connectivity index (χ1) is 15.8. The fraction of sp³-hybridized carbons (Fsp3) is 0.692. The van der Waals surface area contributed by atoms with Crippen molar-refractivity contribution < 1.29 is 24.5 Å². The van der Waals surface area contributed by atoms with Gasteiger partial charge in [-0.15, -0.1) is 11.3 Å². The second kappa shape index (κ2) is 12.0. The summed E-state index contributed by atoms with van der Waals surface area (Å²) in [5.74, 6) is 6.01. The first-order valence-electron chi connectivity index (χ1n) is 12.2. The van der Waals surface area contributed by atoms with Gasteiger partial charge in [0.15, 0.2) is 0 Å². The number of ether oxygens (including phenoxy) is 1. The number of aromatic carboxylic acids is 1. The van der Waals surface area contributed by atoms with Crippen molar-refractivity contribution in [1.29, 1.82) is 0 Å². The molecular formula is C26H37NO5S. The Labute approximate surface area is 201 Å². The molecule has 0 saturated heterocycles. The number of thiophene rings is 1. The largest absolute Gasteiger partial charge is 0.477 e. The maximum atomic E-state index is 13.8. The molecule has 0 spiro atoms. The quantitative estimate of drug-likeness (QED) is 0.546. The minimum absolute atomic E-state index is 0.00169. The number of hydrogen-bond acceptors (Lipinski definition) is 5. The summed E-state index contributed by atoms with van der Waals surface area (Å²) in [6.45, 7) is 6.55. The van der Waals surface area contributed by atoms with Crippen LogP contribution in [0.25, 0.3) is 0 Å². The molecule has 1 heterocycles. The Kier molecular flexibility index (Phi) is 9.37. The molecule has 0 bridgehead atoms. The lowest BCUT2D eigenvalue weighted by atomic mass is 9.81. The zero-order valence-electron chi connectivity index (χ0n) is 20.0. The number of carbonyl (C=O) groups excluding carboxylic acids is 1. The van der Waals surface area contributed by atoms with E-state index in [0.29, 0.717) is 23.1 Å². The molecule has 1 amide bonds. The highest BCUT2D eigenvalue weighted by Crippen LogP contribution is 2.39. The zero-order valence-corrected chi connectivity index (χ0v) is 20.8. The van der Waals surface area contributed by atoms with Gasteiger partial charge in [-0.1, -0.05) is 32.6 Å². The number of carboxylic acid groups (broad SMARTS) is 1. The van der Waals surface area contributed by atoms with E-state index in [4.69, 9.17) is 9.84 Å². The number of aliphatic hydroxyl groups excluding tert-OH is 1. The van der Waals surface area contributed by atoms with Gasteiger partial charge in [0.05, 0.1) is 29.9 Å². The van der Waals surface area contributed by atoms with E-state index in [0.717, 1.165) is 62.7 Å². The first-order valence-corrected chi connectivity index (χ1v) is 13.1. The van der Waals surface area contributed by atoms with Crippen LogP contribution in [-0.4, -0.2) is 47.4 Å². The third-order valence-corrected chi connectivity index (χ3v) is 7.73. The van der Waals surface area contributed by atoms with Crippen molar-refractivity contribution >= 4 is 28.9 Å². The van der Waals surface area contributed by atoms with Crippen LogP contribution in [0.3, 0.4) is 0 Å². The normalized spacial score (nSPS) is 25.4. The Bertz CT molecular complexity index is 867. The van der Waals surface area contributed by atoms with Gasteiger partial charge < -0.3 is 19.8 Å². The van der Waals surface area contributed by atoms with Crippen LogP contribution in [0.1, 0.15) is 86.7 Å². The van der Waals surface area contributed by atoms with Gasteiger partial charge in [-0.25, -0.2) is 4.79 Å². The van der Waals surface area contributed by atoms with Crippen LogP contribution in [-0.2, 0) is 9.53 Å². The van der Waals surface area contributed by atoms with E-state index in [9.17, 15) is 14.7 Å². The summed E-state index contributed by atoms with van der Waals surface area (Å²) in [5, 5.41) is 19.0. The highest BCUT2D eigenvalue weighted by molar-refractivity contribution is 7.15. The standard InChI is InChI=1S/C26H37NO5S/c1-17(2)4-13-22-16-23(24(33-22)26(30)31)27(25(29)19-7-5-18(3)6-8-19)20-9-11-21(12-10-20)32-15-14-28/h16-21,28H,5-12,14-15H2,1-3H3,(H,30,31). The summed E-state index contributed by atoms with van der Waals surface area (Å²) in [4.78, 5) is 28.7. The molecule has 33 heavy (non-hydrogen) atoms. The predicted molar refractivity (Wildman–Crippen MR) is 131 cm³/mol. The fourth-order valence-electron chi connectivity index (χ4n) is 4.88. The van der Waals surface area contributed by atoms with Gasteiger partial charge >= 0.3 is 5.97 Å². The third kappa shape index (κ3) is 6.81. The lowest BCUT2D eigenvalue weighted by molar-refractivity contribution is -0.124. The number of hydrogen-bond donors (Lipinski definition) is 2. The number of aliphatic hydroxyl groups is 1. The number of anilines is 1. The Morgan fingerprint density at radius 2 is 1.82 bits per heavy atom. The molecule has 0 atom stereocenters. The van der Waals surface area contributed by atoms with E-state index in [1.165, 1.54) is 0 Å². The van der Waals surface area contributed by atoms with Crippen molar-refractivity contribution in [3.63, 3.8) is 0 Å². The van der Waals surface area contributed by atoms with Crippen LogP contribution in [0, 0.1) is 29.6 Å². The van der Waals surface area contributed by atoms with Gasteiger partial charge in [-0.3, -0.25) is 4.79 Å². The molecule has 1 aromatic rings. The molecule has 2 aliphatic carbocycles. The van der Waals surface area contributed by atoms with Crippen LogP contribution in [0.15, 0.2) is 6.07 Å². The molecule has 2 N–H and O–H groups in total. The average molecular weight is 476 g/mol. The highest BCUT2D eigenvalue weighted by atomic mass is 32.1. The van der Waals surface area contributed by atoms with Crippen molar-refractivity contribution in [2.45, 2.75) is 84.3 Å². The predicted octanol–water partition coefficient (Wildman–Crippen LogP) is 4.93. The van der Waals surface area contributed by atoms with Crippen molar-refractivity contribution in [2.75, 3.05) is 18.1 Å². The molecule has 7 heteroatoms. The van der Waals surface area contributed by atoms with E-state index >= 15 is 0 Å². The minimum atomic E-state index is -1.01. The van der Waals surface area contributed by atoms with Crippen molar-refractivity contribution in [1.82, 2.24) is 0 Å². The second-order valence-electron chi connectivity index (χ2n) is 9.74. The molecule has 182 valence electrons. The van der Waals surface area contributed by atoms with E-state index in [2.05, 4.69) is 18.8 Å². The van der Waals surface area contributed by atoms with Crippen molar-refractivity contribution in [3.05, 3.63) is 15.8 Å². The van der Waals surface area contributed by atoms with Gasteiger partial charge in [0, 0.05) is 17.9 Å². The van der Waals surface area contributed by atoms with Gasteiger partial charge in [-0.05, 0) is 63.4 Å². The molecular weight excluding hydrogens is 438 g/mol. The lowest BCUT2D eigenvalue weighted by Gasteiger charge is -2.39. The smallest absolute Gasteiger partial charge is 0.348 e. The summed E-state index contributed by atoms with van der Waals surface area (Å²) in [5.41, 5.74) is 0.504. The van der Waals surface area contributed by atoms with E-state index < -0.39 is 5.97 Å². The molecule has 6 nitrogen and oxygen atoms in total. The highest BCUT2D eigenvalue weighted by Gasteiger charge is 2.37. The second-order valence-corrected chi connectivity index (χ2v) is 10.8. The Morgan fingerprint density at radius 1 is 1.15 bits per heavy atom. The van der Waals surface area contributed by atoms with Crippen molar-refractivity contribution in [2.24, 2.45) is 17.8 Å². The van der Waals surface area contributed by atoms with Gasteiger partial charge in [-0.2, -0.15) is 0 Å². The monoisotopic (exact) mass is 475 g/mol. The first kappa shape index (κ1) is 25.7. The molecule has 0 radical (unpaired) electrons. The third-order valence-electron chi connectivity index (χ3n) is 6.71. The van der Waals surface area contributed by atoms with E-state index in [1.807, 2.05) is 18.7 Å². The lowest BCUT2D eigenvalue weighted by Crippen LogP contribution is -2.47. The van der Waals surface area contributed by atoms with Crippen LogP contribution in [0.4, 0.5) is 5.69 Å². The zero-order chi connectivity index (χ0) is 24.0. The SMILES string of the molecule is CC(C)C#Cc1cc(N(C(=O)C2CCC(C)CC2)C2CCC(OCCO)CC2)c(C(=O)O)s1. The van der Waals surface area contributed by atoms with E-state index in [-0.39, 0.29) is 41.4 Å². The molecule has 2 aliphatic rings. The molecule has 1 aromatic heterocycles. The molecule has 3 rings (SSSR count). The summed E-state index contributed by atoms with van der Waals surface area (Å²) in [6, 6.07) is 1.76. The maximum absolute atomic E-state index is 13.8. The molecule has 0 aliphatic heterocycles. The number of carboxylic acids is 1. The molecule has 0 unspecified atom stereocenters.